The van der Waals surface area contributed by atoms with Crippen LogP contribution in [0.4, 0.5) is 11.5 Å². The molecule has 9 heteroatoms. The molecule has 0 aromatic carbocycles. The average Bonchev–Trinajstić information content (AvgIpc) is 3.35. The summed E-state index contributed by atoms with van der Waals surface area (Å²) in [6, 6.07) is 1.62. The van der Waals surface area contributed by atoms with Crippen molar-refractivity contribution >= 4 is 21.5 Å². The molecule has 1 aromatic heterocycles. The number of nitrogens with one attached hydrogen (secondary N) is 1. The Kier molecular flexibility index (Phi) is 4.24. The maximum atomic E-state index is 12.2. The van der Waals surface area contributed by atoms with Gasteiger partial charge in [0.05, 0.1) is 10.2 Å². The average molecular weight is 340 g/mol. The van der Waals surface area contributed by atoms with Gasteiger partial charge in [0.1, 0.15) is 12.0 Å². The van der Waals surface area contributed by atoms with Gasteiger partial charge in [0.25, 0.3) is 5.69 Å². The highest BCUT2D eigenvalue weighted by atomic mass is 32.2. The lowest BCUT2D eigenvalue weighted by Crippen LogP contribution is -2.43. The van der Waals surface area contributed by atoms with Gasteiger partial charge in [-0.3, -0.25) is 10.1 Å². The van der Waals surface area contributed by atoms with Gasteiger partial charge in [-0.2, -0.15) is 0 Å². The van der Waals surface area contributed by atoms with E-state index < -0.39 is 14.9 Å². The Hall–Kier alpha value is -1.74. The molecule has 0 radical (unpaired) electrons. The first-order chi connectivity index (χ1) is 10.9. The number of piperidine rings is 1. The second kappa shape index (κ2) is 6.04. The Balaban J connectivity index is 1.59. The molecule has 126 valence electrons. The van der Waals surface area contributed by atoms with Crippen LogP contribution in [0.25, 0.3) is 0 Å². The standard InChI is InChI=1S/C14H20N4O4S/c1-10-8-12(18(19)20)9-15-14(10)16-11-4-6-17(7-5-11)23(21,22)13-2-3-13/h8-9,11,13H,2-7H2,1H3,(H,15,16). The van der Waals surface area contributed by atoms with Gasteiger partial charge in [-0.15, -0.1) is 0 Å². The fourth-order valence-electron chi connectivity index (χ4n) is 2.84. The van der Waals surface area contributed by atoms with E-state index in [1.54, 1.807) is 11.2 Å². The summed E-state index contributed by atoms with van der Waals surface area (Å²) in [7, 11) is -3.09. The molecular formula is C14H20N4O4S. The zero-order valence-electron chi connectivity index (χ0n) is 12.9. The molecule has 1 N–H and O–H groups in total. The zero-order valence-corrected chi connectivity index (χ0v) is 13.8. The molecule has 1 saturated carbocycles. The second-order valence-electron chi connectivity index (χ2n) is 6.18. The van der Waals surface area contributed by atoms with Crippen molar-refractivity contribution < 1.29 is 13.3 Å². The summed E-state index contributed by atoms with van der Waals surface area (Å²) in [4.78, 5) is 14.4. The molecule has 0 unspecified atom stereocenters. The number of nitrogens with zero attached hydrogens (tertiary/aromatic N) is 3. The van der Waals surface area contributed by atoms with Crippen molar-refractivity contribution in [2.75, 3.05) is 18.4 Å². The van der Waals surface area contributed by atoms with Crippen LogP contribution in [0.15, 0.2) is 12.3 Å². The highest BCUT2D eigenvalue weighted by Gasteiger charge is 2.41. The van der Waals surface area contributed by atoms with Gasteiger partial charge >= 0.3 is 0 Å². The molecule has 1 saturated heterocycles. The zero-order chi connectivity index (χ0) is 16.6. The SMILES string of the molecule is Cc1cc([N+](=O)[O-])cnc1NC1CCN(S(=O)(=O)C2CC2)CC1. The van der Waals surface area contributed by atoms with Crippen molar-refractivity contribution in [1.82, 2.24) is 9.29 Å². The topological polar surface area (TPSA) is 105 Å². The van der Waals surface area contributed by atoms with E-state index in [2.05, 4.69) is 10.3 Å². The molecule has 0 atom stereocenters. The van der Waals surface area contributed by atoms with Gasteiger partial charge in [-0.1, -0.05) is 0 Å². The first-order valence-electron chi connectivity index (χ1n) is 7.74. The van der Waals surface area contributed by atoms with Crippen LogP contribution in [0.5, 0.6) is 0 Å². The van der Waals surface area contributed by atoms with Crippen LogP contribution < -0.4 is 5.32 Å². The van der Waals surface area contributed by atoms with Gasteiger partial charge < -0.3 is 5.32 Å². The number of aryl methyl sites for hydroxylation is 1. The number of sulfonamides is 1. The number of hydrogen-bond acceptors (Lipinski definition) is 6. The smallest absolute Gasteiger partial charge is 0.287 e. The van der Waals surface area contributed by atoms with Gasteiger partial charge in [0, 0.05) is 25.2 Å². The van der Waals surface area contributed by atoms with Crippen LogP contribution in [0.2, 0.25) is 0 Å². The van der Waals surface area contributed by atoms with Crippen LogP contribution in [-0.4, -0.2) is 47.0 Å². The first-order valence-corrected chi connectivity index (χ1v) is 9.25. The molecule has 0 spiro atoms. The lowest BCUT2D eigenvalue weighted by Gasteiger charge is -2.32. The minimum Gasteiger partial charge on any atom is -0.367 e. The van der Waals surface area contributed by atoms with Crippen molar-refractivity contribution in [3.8, 4) is 0 Å². The van der Waals surface area contributed by atoms with Gasteiger partial charge in [-0.25, -0.2) is 17.7 Å². The van der Waals surface area contributed by atoms with Gasteiger partial charge in [0.15, 0.2) is 0 Å². The summed E-state index contributed by atoms with van der Waals surface area (Å²) in [5, 5.41) is 13.8. The number of nitro groups is 1. The van der Waals surface area contributed by atoms with Gasteiger partial charge in [-0.05, 0) is 38.2 Å². The largest absolute Gasteiger partial charge is 0.367 e. The molecule has 1 aliphatic carbocycles. The van der Waals surface area contributed by atoms with Crippen molar-refractivity contribution in [2.45, 2.75) is 43.9 Å². The Morgan fingerprint density at radius 2 is 1.96 bits per heavy atom. The van der Waals surface area contributed by atoms with E-state index in [0.717, 1.165) is 12.8 Å². The van der Waals surface area contributed by atoms with E-state index in [1.807, 2.05) is 0 Å². The Morgan fingerprint density at radius 1 is 1.30 bits per heavy atom. The van der Waals surface area contributed by atoms with E-state index in [-0.39, 0.29) is 17.0 Å². The lowest BCUT2D eigenvalue weighted by molar-refractivity contribution is -0.385. The number of hydrogen-bond donors (Lipinski definition) is 1. The van der Waals surface area contributed by atoms with E-state index in [0.29, 0.717) is 37.3 Å². The fourth-order valence-corrected chi connectivity index (χ4v) is 4.71. The van der Waals surface area contributed by atoms with E-state index in [9.17, 15) is 18.5 Å². The maximum Gasteiger partial charge on any atom is 0.287 e. The third kappa shape index (κ3) is 3.45. The van der Waals surface area contributed by atoms with Crippen LogP contribution in [0.3, 0.4) is 0 Å². The van der Waals surface area contributed by atoms with Crippen LogP contribution in [0.1, 0.15) is 31.2 Å². The normalized spacial score (nSPS) is 20.4. The van der Waals surface area contributed by atoms with Crippen molar-refractivity contribution in [3.05, 3.63) is 27.9 Å². The quantitative estimate of drug-likeness (QED) is 0.645. The molecular weight excluding hydrogens is 320 g/mol. The molecule has 3 rings (SSSR count). The summed E-state index contributed by atoms with van der Waals surface area (Å²) >= 11 is 0. The lowest BCUT2D eigenvalue weighted by atomic mass is 10.1. The molecule has 2 fully saturated rings. The highest BCUT2D eigenvalue weighted by Crippen LogP contribution is 2.32. The first kappa shape index (κ1) is 16.1. The summed E-state index contributed by atoms with van der Waals surface area (Å²) in [5.74, 6) is 0.624. The Bertz CT molecular complexity index is 709. The molecule has 8 nitrogen and oxygen atoms in total. The number of pyridine rings is 1. The predicted molar refractivity (Wildman–Crippen MR) is 85.8 cm³/mol. The molecule has 0 amide bonds. The summed E-state index contributed by atoms with van der Waals surface area (Å²) < 4.78 is 26.0. The van der Waals surface area contributed by atoms with Crippen molar-refractivity contribution in [1.29, 1.82) is 0 Å². The van der Waals surface area contributed by atoms with Crippen LogP contribution in [0, 0.1) is 17.0 Å². The predicted octanol–water partition coefficient (Wildman–Crippen LogP) is 1.67. The second-order valence-corrected chi connectivity index (χ2v) is 8.39. The molecule has 2 aliphatic rings. The molecule has 1 aliphatic heterocycles. The maximum absolute atomic E-state index is 12.2. The Labute approximate surface area is 135 Å². The van der Waals surface area contributed by atoms with Crippen molar-refractivity contribution in [2.24, 2.45) is 0 Å². The minimum atomic E-state index is -3.09. The van der Waals surface area contributed by atoms with E-state index in [1.165, 1.54) is 12.3 Å². The number of anilines is 1. The monoisotopic (exact) mass is 340 g/mol. The molecule has 23 heavy (non-hydrogen) atoms. The summed E-state index contributed by atoms with van der Waals surface area (Å²) in [6.07, 6.45) is 4.23. The van der Waals surface area contributed by atoms with Crippen molar-refractivity contribution in [3.63, 3.8) is 0 Å². The van der Waals surface area contributed by atoms with Crippen LogP contribution >= 0.6 is 0 Å². The summed E-state index contributed by atoms with van der Waals surface area (Å²) in [6.45, 7) is 2.81. The van der Waals surface area contributed by atoms with E-state index >= 15 is 0 Å². The molecule has 1 aromatic rings. The highest BCUT2D eigenvalue weighted by molar-refractivity contribution is 7.90. The number of aromatic nitrogens is 1. The minimum absolute atomic E-state index is 0.0293. The third-order valence-corrected chi connectivity index (χ3v) is 6.77. The molecule has 0 bridgehead atoms. The summed E-state index contributed by atoms with van der Waals surface area (Å²) in [5.41, 5.74) is 0.686. The van der Waals surface area contributed by atoms with Crippen LogP contribution in [-0.2, 0) is 10.0 Å². The van der Waals surface area contributed by atoms with Gasteiger partial charge in [0.2, 0.25) is 10.0 Å². The number of rotatable bonds is 5. The fraction of sp³-hybridized carbons (Fsp3) is 0.643. The van der Waals surface area contributed by atoms with E-state index in [4.69, 9.17) is 0 Å². The Morgan fingerprint density at radius 3 is 2.48 bits per heavy atom. The third-order valence-electron chi connectivity index (χ3n) is 4.37. The molecule has 2 heterocycles.